The Balaban J connectivity index is 3.10. The average Bonchev–Trinajstić information content (AvgIpc) is 2.39. The summed E-state index contributed by atoms with van der Waals surface area (Å²) >= 11 is 5.44. The van der Waals surface area contributed by atoms with Crippen LogP contribution in [0.2, 0.25) is 0 Å². The number of sulfonamides is 1. The summed E-state index contributed by atoms with van der Waals surface area (Å²) in [6, 6.07) is 1.81. The maximum atomic E-state index is 14.0. The highest BCUT2D eigenvalue weighted by Crippen LogP contribution is 2.24. The van der Waals surface area contributed by atoms with Crippen LogP contribution in [0, 0.1) is 11.6 Å². The molecule has 1 rings (SSSR count). The molecule has 0 radical (unpaired) electrons. The second-order valence-electron chi connectivity index (χ2n) is 4.14. The zero-order valence-electron chi connectivity index (χ0n) is 11.2. The minimum atomic E-state index is -4.02. The number of methoxy groups -OCH3 is 1. The third kappa shape index (κ3) is 3.66. The molecule has 1 aromatic rings. The van der Waals surface area contributed by atoms with Gasteiger partial charge in [0.2, 0.25) is 10.0 Å². The van der Waals surface area contributed by atoms with Crippen LogP contribution in [0.4, 0.5) is 8.78 Å². The Hall–Kier alpha value is -0.760. The van der Waals surface area contributed by atoms with E-state index in [-0.39, 0.29) is 6.54 Å². The SMILES string of the molecule is COCCCN(C)S(=O)(=O)c1ccc(F)c(CCl)c1F. The predicted octanol–water partition coefficient (Wildman–Crippen LogP) is 2.36. The van der Waals surface area contributed by atoms with Crippen LogP contribution in [0.25, 0.3) is 0 Å². The Kier molecular flexibility index (Phi) is 6.32. The van der Waals surface area contributed by atoms with Crippen molar-refractivity contribution >= 4 is 21.6 Å². The van der Waals surface area contributed by atoms with Crippen molar-refractivity contribution in [1.82, 2.24) is 4.31 Å². The smallest absolute Gasteiger partial charge is 0.245 e. The van der Waals surface area contributed by atoms with Crippen molar-refractivity contribution in [1.29, 1.82) is 0 Å². The number of nitrogens with zero attached hydrogens (tertiary/aromatic N) is 1. The minimum absolute atomic E-state index is 0.170. The highest BCUT2D eigenvalue weighted by molar-refractivity contribution is 7.89. The fourth-order valence-electron chi connectivity index (χ4n) is 1.62. The van der Waals surface area contributed by atoms with E-state index in [2.05, 4.69) is 0 Å². The predicted molar refractivity (Wildman–Crippen MR) is 72.2 cm³/mol. The molecule has 0 saturated carbocycles. The standard InChI is InChI=1S/C12H16ClF2NO3S/c1-16(6-3-7-19-2)20(17,18)11-5-4-10(14)9(8-13)12(11)15/h4-5H,3,6-8H2,1-2H3. The molecule has 0 heterocycles. The van der Waals surface area contributed by atoms with Crippen molar-refractivity contribution in [3.8, 4) is 0 Å². The Morgan fingerprint density at radius 1 is 1.35 bits per heavy atom. The lowest BCUT2D eigenvalue weighted by Crippen LogP contribution is -2.29. The highest BCUT2D eigenvalue weighted by atomic mass is 35.5. The molecule has 20 heavy (non-hydrogen) atoms. The third-order valence-corrected chi connectivity index (χ3v) is 4.94. The lowest BCUT2D eigenvalue weighted by Gasteiger charge is -2.18. The summed E-state index contributed by atoms with van der Waals surface area (Å²) in [4.78, 5) is -0.575. The van der Waals surface area contributed by atoms with Gasteiger partial charge in [-0.15, -0.1) is 11.6 Å². The summed E-state index contributed by atoms with van der Waals surface area (Å²) < 4.78 is 57.6. The molecule has 0 atom stereocenters. The maximum absolute atomic E-state index is 14.0. The second kappa shape index (κ2) is 7.31. The van der Waals surface area contributed by atoms with Crippen LogP contribution in [0.15, 0.2) is 17.0 Å². The molecular weight excluding hydrogens is 312 g/mol. The molecule has 0 fully saturated rings. The van der Waals surface area contributed by atoms with Gasteiger partial charge >= 0.3 is 0 Å². The van der Waals surface area contributed by atoms with Crippen molar-refractivity contribution in [2.45, 2.75) is 17.2 Å². The van der Waals surface area contributed by atoms with Gasteiger partial charge < -0.3 is 4.74 Å². The second-order valence-corrected chi connectivity index (χ2v) is 6.43. The molecule has 4 nitrogen and oxygen atoms in total. The molecule has 0 aromatic heterocycles. The average molecular weight is 328 g/mol. The number of alkyl halides is 1. The molecule has 0 spiro atoms. The Morgan fingerprint density at radius 2 is 2.00 bits per heavy atom. The lowest BCUT2D eigenvalue weighted by molar-refractivity contribution is 0.189. The van der Waals surface area contributed by atoms with Gasteiger partial charge in [0.15, 0.2) is 5.82 Å². The first-order chi connectivity index (χ1) is 9.36. The van der Waals surface area contributed by atoms with Crippen LogP contribution in [0.5, 0.6) is 0 Å². The first-order valence-corrected chi connectivity index (χ1v) is 7.81. The number of ether oxygens (including phenoxy) is 1. The van der Waals surface area contributed by atoms with Gasteiger partial charge in [-0.1, -0.05) is 0 Å². The monoisotopic (exact) mass is 327 g/mol. The van der Waals surface area contributed by atoms with Gasteiger partial charge in [0.05, 0.1) is 5.88 Å². The molecule has 1 aromatic carbocycles. The molecule has 0 saturated heterocycles. The zero-order chi connectivity index (χ0) is 15.3. The van der Waals surface area contributed by atoms with E-state index < -0.39 is 38.0 Å². The maximum Gasteiger partial charge on any atom is 0.245 e. The largest absolute Gasteiger partial charge is 0.385 e. The Labute approximate surface area is 122 Å². The van der Waals surface area contributed by atoms with Crippen LogP contribution < -0.4 is 0 Å². The first-order valence-electron chi connectivity index (χ1n) is 5.84. The Morgan fingerprint density at radius 3 is 2.55 bits per heavy atom. The summed E-state index contributed by atoms with van der Waals surface area (Å²) in [5.74, 6) is -2.44. The topological polar surface area (TPSA) is 46.6 Å². The fourth-order valence-corrected chi connectivity index (χ4v) is 3.16. The van der Waals surface area contributed by atoms with Crippen LogP contribution in [-0.4, -0.2) is 40.0 Å². The van der Waals surface area contributed by atoms with E-state index in [1.807, 2.05) is 0 Å². The van der Waals surface area contributed by atoms with E-state index in [0.29, 0.717) is 13.0 Å². The van der Waals surface area contributed by atoms with Crippen molar-refractivity contribution in [2.24, 2.45) is 0 Å². The summed E-state index contributed by atoms with van der Waals surface area (Å²) in [5, 5.41) is 0. The molecule has 0 aliphatic rings. The van der Waals surface area contributed by atoms with Gasteiger partial charge in [-0.05, 0) is 18.6 Å². The first kappa shape index (κ1) is 17.3. The molecule has 0 bridgehead atoms. The molecule has 0 aliphatic carbocycles. The minimum Gasteiger partial charge on any atom is -0.385 e. The quantitative estimate of drug-likeness (QED) is 0.570. The van der Waals surface area contributed by atoms with E-state index >= 15 is 0 Å². The third-order valence-electron chi connectivity index (χ3n) is 2.79. The normalized spacial score (nSPS) is 12.1. The van der Waals surface area contributed by atoms with Crippen molar-refractivity contribution in [3.05, 3.63) is 29.3 Å². The highest BCUT2D eigenvalue weighted by Gasteiger charge is 2.26. The fraction of sp³-hybridized carbons (Fsp3) is 0.500. The van der Waals surface area contributed by atoms with Crippen molar-refractivity contribution in [3.63, 3.8) is 0 Å². The number of benzene rings is 1. The molecule has 0 amide bonds. The van der Waals surface area contributed by atoms with E-state index in [9.17, 15) is 17.2 Å². The summed E-state index contributed by atoms with van der Waals surface area (Å²) in [5.41, 5.74) is -0.446. The van der Waals surface area contributed by atoms with Gasteiger partial charge in [0.25, 0.3) is 0 Å². The van der Waals surface area contributed by atoms with Crippen LogP contribution in [0.1, 0.15) is 12.0 Å². The van der Waals surface area contributed by atoms with Gasteiger partial charge in [-0.2, -0.15) is 0 Å². The molecular formula is C12H16ClF2NO3S. The molecule has 114 valence electrons. The van der Waals surface area contributed by atoms with Crippen LogP contribution in [0.3, 0.4) is 0 Å². The zero-order valence-corrected chi connectivity index (χ0v) is 12.8. The summed E-state index contributed by atoms with van der Waals surface area (Å²) in [6.07, 6.45) is 0.470. The number of rotatable bonds is 7. The van der Waals surface area contributed by atoms with Crippen molar-refractivity contribution in [2.75, 3.05) is 27.3 Å². The summed E-state index contributed by atoms with van der Waals surface area (Å²) in [6.45, 7) is 0.557. The molecule has 0 unspecified atom stereocenters. The molecule has 0 N–H and O–H groups in total. The van der Waals surface area contributed by atoms with E-state index in [1.165, 1.54) is 14.2 Å². The van der Waals surface area contributed by atoms with E-state index in [4.69, 9.17) is 16.3 Å². The lowest BCUT2D eigenvalue weighted by atomic mass is 10.2. The van der Waals surface area contributed by atoms with Crippen molar-refractivity contribution < 1.29 is 21.9 Å². The van der Waals surface area contributed by atoms with Gasteiger partial charge in [-0.25, -0.2) is 21.5 Å². The van der Waals surface area contributed by atoms with Gasteiger partial charge in [-0.3, -0.25) is 0 Å². The number of hydrogen-bond acceptors (Lipinski definition) is 3. The van der Waals surface area contributed by atoms with Gasteiger partial charge in [0.1, 0.15) is 10.7 Å². The Bertz CT molecular complexity index is 566. The summed E-state index contributed by atoms with van der Waals surface area (Å²) in [7, 11) is -1.19. The number of halogens is 3. The number of hydrogen-bond donors (Lipinski definition) is 0. The van der Waals surface area contributed by atoms with E-state index in [0.717, 1.165) is 16.4 Å². The van der Waals surface area contributed by atoms with Crippen LogP contribution in [-0.2, 0) is 20.6 Å². The van der Waals surface area contributed by atoms with Crippen LogP contribution >= 0.6 is 11.6 Å². The molecule has 8 heteroatoms. The molecule has 0 aliphatic heterocycles. The van der Waals surface area contributed by atoms with Gasteiger partial charge in [0, 0.05) is 32.9 Å². The van der Waals surface area contributed by atoms with E-state index in [1.54, 1.807) is 0 Å².